The molecule has 0 unspecified atom stereocenters. The summed E-state index contributed by atoms with van der Waals surface area (Å²) in [6, 6.07) is 18.4. The third kappa shape index (κ3) is 4.25. The molecule has 1 atom stereocenters. The van der Waals surface area contributed by atoms with Crippen LogP contribution in [0.5, 0.6) is 0 Å². The summed E-state index contributed by atoms with van der Waals surface area (Å²) in [5.41, 5.74) is 3.38. The molecule has 2 aromatic heterocycles. The van der Waals surface area contributed by atoms with E-state index in [9.17, 15) is 0 Å². The molecule has 1 aromatic carbocycles. The van der Waals surface area contributed by atoms with E-state index in [1.807, 2.05) is 30.5 Å². The number of aromatic nitrogens is 2. The summed E-state index contributed by atoms with van der Waals surface area (Å²) in [4.78, 5) is 11.0. The number of nitrogens with one attached hydrogen (secondary N) is 1. The monoisotopic (exact) mass is 346 g/mol. The average molecular weight is 346 g/mol. The summed E-state index contributed by atoms with van der Waals surface area (Å²) in [6.45, 7) is 3.49. The zero-order valence-corrected chi connectivity index (χ0v) is 14.6. The summed E-state index contributed by atoms with van der Waals surface area (Å²) in [7, 11) is 0. The number of rotatable bonds is 5. The van der Waals surface area contributed by atoms with Crippen LogP contribution in [0.2, 0.25) is 0 Å². The Hall–Kier alpha value is -2.76. The predicted molar refractivity (Wildman–Crippen MR) is 102 cm³/mol. The summed E-state index contributed by atoms with van der Waals surface area (Å²) >= 11 is 0. The summed E-state index contributed by atoms with van der Waals surface area (Å²) < 4.78 is 5.94. The number of benzene rings is 1. The van der Waals surface area contributed by atoms with Gasteiger partial charge >= 0.3 is 0 Å². The van der Waals surface area contributed by atoms with Gasteiger partial charge in [-0.25, -0.2) is 4.98 Å². The van der Waals surface area contributed by atoms with Crippen LogP contribution in [-0.4, -0.2) is 34.6 Å². The minimum Gasteiger partial charge on any atom is -0.371 e. The second kappa shape index (κ2) is 8.08. The predicted octanol–water partition coefficient (Wildman–Crippen LogP) is 3.79. The molecular weight excluding hydrogens is 324 g/mol. The van der Waals surface area contributed by atoms with Crippen molar-refractivity contribution < 1.29 is 4.74 Å². The first-order valence-electron chi connectivity index (χ1n) is 8.88. The molecule has 0 saturated carbocycles. The number of morpholine rings is 1. The maximum atomic E-state index is 5.94. The molecule has 3 aromatic rings. The third-order valence-electron chi connectivity index (χ3n) is 4.49. The van der Waals surface area contributed by atoms with Crippen LogP contribution in [0.15, 0.2) is 73.2 Å². The van der Waals surface area contributed by atoms with Crippen LogP contribution < -0.4 is 5.32 Å². The molecule has 3 heterocycles. The van der Waals surface area contributed by atoms with Crippen molar-refractivity contribution >= 4 is 11.5 Å². The van der Waals surface area contributed by atoms with Gasteiger partial charge in [-0.15, -0.1) is 0 Å². The Balaban J connectivity index is 1.36. The van der Waals surface area contributed by atoms with Crippen molar-refractivity contribution in [2.24, 2.45) is 0 Å². The van der Waals surface area contributed by atoms with Gasteiger partial charge in [0, 0.05) is 32.0 Å². The zero-order valence-electron chi connectivity index (χ0n) is 14.6. The molecule has 4 rings (SSSR count). The number of nitrogens with zero attached hydrogens (tertiary/aromatic N) is 3. The van der Waals surface area contributed by atoms with Gasteiger partial charge in [0.1, 0.15) is 5.82 Å². The normalized spacial score (nSPS) is 17.8. The Morgan fingerprint density at radius 3 is 2.73 bits per heavy atom. The van der Waals surface area contributed by atoms with E-state index >= 15 is 0 Å². The van der Waals surface area contributed by atoms with Crippen LogP contribution >= 0.6 is 0 Å². The molecule has 5 nitrogen and oxygen atoms in total. The average Bonchev–Trinajstić information content (AvgIpc) is 2.71. The molecule has 1 saturated heterocycles. The van der Waals surface area contributed by atoms with Crippen LogP contribution in [0.4, 0.5) is 11.5 Å². The Bertz CT molecular complexity index is 808. The number of hydrogen-bond acceptors (Lipinski definition) is 5. The van der Waals surface area contributed by atoms with Crippen molar-refractivity contribution in [2.75, 3.05) is 25.0 Å². The minimum absolute atomic E-state index is 0.143. The lowest BCUT2D eigenvalue weighted by Crippen LogP contribution is -2.37. The van der Waals surface area contributed by atoms with Crippen LogP contribution in [0.25, 0.3) is 0 Å². The van der Waals surface area contributed by atoms with Gasteiger partial charge in [-0.2, -0.15) is 0 Å². The second-order valence-electron chi connectivity index (χ2n) is 6.42. The largest absolute Gasteiger partial charge is 0.371 e. The molecule has 1 N–H and O–H groups in total. The van der Waals surface area contributed by atoms with E-state index in [1.165, 1.54) is 11.1 Å². The van der Waals surface area contributed by atoms with Crippen molar-refractivity contribution in [3.8, 4) is 0 Å². The lowest BCUT2D eigenvalue weighted by molar-refractivity contribution is -0.0329. The van der Waals surface area contributed by atoms with Crippen LogP contribution in [-0.2, 0) is 11.3 Å². The summed E-state index contributed by atoms with van der Waals surface area (Å²) in [5.74, 6) is 0.825. The van der Waals surface area contributed by atoms with Gasteiger partial charge in [0.15, 0.2) is 0 Å². The highest BCUT2D eigenvalue weighted by molar-refractivity contribution is 5.54. The minimum atomic E-state index is 0.143. The van der Waals surface area contributed by atoms with E-state index in [1.54, 1.807) is 12.4 Å². The quantitative estimate of drug-likeness (QED) is 0.762. The molecule has 0 amide bonds. The molecule has 0 spiro atoms. The van der Waals surface area contributed by atoms with Crippen LogP contribution in [0, 0.1) is 0 Å². The molecule has 26 heavy (non-hydrogen) atoms. The van der Waals surface area contributed by atoms with Crippen LogP contribution in [0.3, 0.4) is 0 Å². The van der Waals surface area contributed by atoms with Gasteiger partial charge in [0.05, 0.1) is 24.6 Å². The van der Waals surface area contributed by atoms with E-state index < -0.39 is 0 Å². The van der Waals surface area contributed by atoms with Gasteiger partial charge in [0.2, 0.25) is 0 Å². The van der Waals surface area contributed by atoms with E-state index in [2.05, 4.69) is 50.5 Å². The van der Waals surface area contributed by atoms with Gasteiger partial charge in [-0.3, -0.25) is 9.88 Å². The van der Waals surface area contributed by atoms with Gasteiger partial charge in [0.25, 0.3) is 0 Å². The van der Waals surface area contributed by atoms with E-state index in [0.29, 0.717) is 0 Å². The summed E-state index contributed by atoms with van der Waals surface area (Å²) in [5, 5.41) is 3.26. The van der Waals surface area contributed by atoms with E-state index in [0.717, 1.165) is 37.7 Å². The first-order valence-corrected chi connectivity index (χ1v) is 8.88. The highest BCUT2D eigenvalue weighted by atomic mass is 16.5. The zero-order chi connectivity index (χ0) is 17.6. The molecule has 0 aliphatic carbocycles. The molecule has 0 radical (unpaired) electrons. The first-order chi connectivity index (χ1) is 12.9. The van der Waals surface area contributed by atoms with E-state index in [4.69, 9.17) is 4.74 Å². The highest BCUT2D eigenvalue weighted by Crippen LogP contribution is 2.23. The van der Waals surface area contributed by atoms with Crippen LogP contribution in [0.1, 0.15) is 17.2 Å². The molecule has 5 heteroatoms. The van der Waals surface area contributed by atoms with Gasteiger partial charge in [-0.05, 0) is 29.3 Å². The SMILES string of the molecule is c1ccc([C@H]2CN(Cc3ccc(Nc4cccnc4)nc3)CCO2)cc1. The van der Waals surface area contributed by atoms with Crippen molar-refractivity contribution in [1.82, 2.24) is 14.9 Å². The maximum Gasteiger partial charge on any atom is 0.130 e. The standard InChI is InChI=1S/C21H22N4O/c1-2-5-18(6-3-1)20-16-25(11-12-26-20)15-17-8-9-21(23-13-17)24-19-7-4-10-22-14-19/h1-10,13-14,20H,11-12,15-16H2,(H,23,24)/t20-/m1/s1. The van der Waals surface area contributed by atoms with Gasteiger partial charge in [-0.1, -0.05) is 36.4 Å². The fourth-order valence-electron chi connectivity index (χ4n) is 3.15. The highest BCUT2D eigenvalue weighted by Gasteiger charge is 2.21. The van der Waals surface area contributed by atoms with Crippen molar-refractivity contribution in [3.05, 3.63) is 84.3 Å². The smallest absolute Gasteiger partial charge is 0.130 e. The maximum absolute atomic E-state index is 5.94. The van der Waals surface area contributed by atoms with E-state index in [-0.39, 0.29) is 6.10 Å². The number of hydrogen-bond donors (Lipinski definition) is 1. The fraction of sp³-hybridized carbons (Fsp3) is 0.238. The molecular formula is C21H22N4O. The Labute approximate surface area is 153 Å². The van der Waals surface area contributed by atoms with Gasteiger partial charge < -0.3 is 10.1 Å². The molecule has 1 aliphatic heterocycles. The van der Waals surface area contributed by atoms with Crippen molar-refractivity contribution in [2.45, 2.75) is 12.6 Å². The lowest BCUT2D eigenvalue weighted by Gasteiger charge is -2.33. The number of pyridine rings is 2. The molecule has 0 bridgehead atoms. The Kier molecular flexibility index (Phi) is 5.19. The molecule has 1 fully saturated rings. The Morgan fingerprint density at radius 2 is 1.96 bits per heavy atom. The van der Waals surface area contributed by atoms with Crippen molar-refractivity contribution in [1.29, 1.82) is 0 Å². The number of anilines is 2. The Morgan fingerprint density at radius 1 is 1.04 bits per heavy atom. The summed E-state index contributed by atoms with van der Waals surface area (Å²) in [6.07, 6.45) is 5.62. The topological polar surface area (TPSA) is 50.3 Å². The number of ether oxygens (including phenoxy) is 1. The molecule has 132 valence electrons. The molecule has 1 aliphatic rings. The third-order valence-corrected chi connectivity index (χ3v) is 4.49. The van der Waals surface area contributed by atoms with Crippen molar-refractivity contribution in [3.63, 3.8) is 0 Å². The lowest BCUT2D eigenvalue weighted by atomic mass is 10.1. The second-order valence-corrected chi connectivity index (χ2v) is 6.42. The first kappa shape index (κ1) is 16.7. The fourth-order valence-corrected chi connectivity index (χ4v) is 3.15.